The number of rotatable bonds is 7. The molecule has 0 heterocycles. The highest BCUT2D eigenvalue weighted by Gasteiger charge is 2.28. The zero-order valence-corrected chi connectivity index (χ0v) is 11.7. The summed E-state index contributed by atoms with van der Waals surface area (Å²) < 4.78 is 18.6. The SMILES string of the molecule is COc1ccc(C(CN)NCC(C)C2CC2)cc1F. The van der Waals surface area contributed by atoms with Crippen LogP contribution in [-0.2, 0) is 0 Å². The van der Waals surface area contributed by atoms with Crippen molar-refractivity contribution < 1.29 is 9.13 Å². The summed E-state index contributed by atoms with van der Waals surface area (Å²) in [5, 5.41) is 3.44. The zero-order valence-electron chi connectivity index (χ0n) is 11.7. The lowest BCUT2D eigenvalue weighted by molar-refractivity contribution is 0.384. The minimum atomic E-state index is -0.338. The third kappa shape index (κ3) is 3.67. The Balaban J connectivity index is 1.97. The van der Waals surface area contributed by atoms with Gasteiger partial charge in [0.2, 0.25) is 0 Å². The summed E-state index contributed by atoms with van der Waals surface area (Å²) in [5.74, 6) is 1.46. The van der Waals surface area contributed by atoms with Crippen molar-refractivity contribution in [2.45, 2.75) is 25.8 Å². The summed E-state index contributed by atoms with van der Waals surface area (Å²) >= 11 is 0. The first-order chi connectivity index (χ1) is 9.15. The molecule has 19 heavy (non-hydrogen) atoms. The number of ether oxygens (including phenoxy) is 1. The van der Waals surface area contributed by atoms with Gasteiger partial charge in [0.25, 0.3) is 0 Å². The average molecular weight is 266 g/mol. The van der Waals surface area contributed by atoms with Crippen LogP contribution in [0.25, 0.3) is 0 Å². The van der Waals surface area contributed by atoms with Crippen LogP contribution < -0.4 is 15.8 Å². The van der Waals surface area contributed by atoms with Crippen LogP contribution in [0, 0.1) is 17.7 Å². The van der Waals surface area contributed by atoms with E-state index < -0.39 is 0 Å². The molecule has 1 saturated carbocycles. The largest absolute Gasteiger partial charge is 0.494 e. The number of hydrogen-bond acceptors (Lipinski definition) is 3. The van der Waals surface area contributed by atoms with Gasteiger partial charge in [-0.1, -0.05) is 13.0 Å². The maximum Gasteiger partial charge on any atom is 0.165 e. The van der Waals surface area contributed by atoms with E-state index in [0.717, 1.165) is 18.0 Å². The number of nitrogens with one attached hydrogen (secondary N) is 1. The molecule has 106 valence electrons. The molecule has 3 N–H and O–H groups in total. The van der Waals surface area contributed by atoms with Crippen LogP contribution in [0.2, 0.25) is 0 Å². The molecule has 1 aliphatic rings. The van der Waals surface area contributed by atoms with Crippen molar-refractivity contribution in [1.29, 1.82) is 0 Å². The maximum atomic E-state index is 13.7. The predicted molar refractivity (Wildman–Crippen MR) is 74.6 cm³/mol. The quantitative estimate of drug-likeness (QED) is 0.797. The van der Waals surface area contributed by atoms with Gasteiger partial charge in [-0.05, 0) is 48.9 Å². The summed E-state index contributed by atoms with van der Waals surface area (Å²) in [4.78, 5) is 0. The first-order valence-electron chi connectivity index (χ1n) is 6.92. The van der Waals surface area contributed by atoms with Crippen molar-refractivity contribution in [2.75, 3.05) is 20.2 Å². The Morgan fingerprint density at radius 2 is 2.21 bits per heavy atom. The molecule has 0 bridgehead atoms. The summed E-state index contributed by atoms with van der Waals surface area (Å²) in [5.41, 5.74) is 6.67. The minimum absolute atomic E-state index is 0.00149. The summed E-state index contributed by atoms with van der Waals surface area (Å²) in [6, 6.07) is 5.03. The monoisotopic (exact) mass is 266 g/mol. The van der Waals surface area contributed by atoms with Gasteiger partial charge in [0.1, 0.15) is 0 Å². The van der Waals surface area contributed by atoms with E-state index in [2.05, 4.69) is 12.2 Å². The standard InChI is InChI=1S/C15H23FN2O/c1-10(11-3-4-11)9-18-14(8-17)12-5-6-15(19-2)13(16)7-12/h5-7,10-11,14,18H,3-4,8-9,17H2,1-2H3. The molecule has 1 aromatic rings. The number of nitrogens with two attached hydrogens (primary N) is 1. The molecule has 2 rings (SSSR count). The second-order valence-corrected chi connectivity index (χ2v) is 5.41. The van der Waals surface area contributed by atoms with Gasteiger partial charge < -0.3 is 15.8 Å². The zero-order chi connectivity index (χ0) is 13.8. The van der Waals surface area contributed by atoms with Crippen LogP contribution in [0.1, 0.15) is 31.4 Å². The van der Waals surface area contributed by atoms with Gasteiger partial charge in [-0.25, -0.2) is 4.39 Å². The fourth-order valence-electron chi connectivity index (χ4n) is 2.40. The molecule has 1 aliphatic carbocycles. The Hall–Kier alpha value is -1.13. The molecule has 1 fully saturated rings. The Morgan fingerprint density at radius 1 is 1.47 bits per heavy atom. The molecule has 2 unspecified atom stereocenters. The van der Waals surface area contributed by atoms with Crippen molar-refractivity contribution >= 4 is 0 Å². The lowest BCUT2D eigenvalue weighted by atomic mass is 10.0. The maximum absolute atomic E-state index is 13.7. The molecule has 0 aliphatic heterocycles. The van der Waals surface area contributed by atoms with E-state index in [-0.39, 0.29) is 17.6 Å². The summed E-state index contributed by atoms with van der Waals surface area (Å²) in [6.45, 7) is 3.65. The van der Waals surface area contributed by atoms with E-state index in [1.165, 1.54) is 26.0 Å². The Morgan fingerprint density at radius 3 is 2.74 bits per heavy atom. The highest BCUT2D eigenvalue weighted by molar-refractivity contribution is 5.31. The van der Waals surface area contributed by atoms with E-state index in [1.54, 1.807) is 6.07 Å². The molecule has 0 spiro atoms. The fraction of sp³-hybridized carbons (Fsp3) is 0.600. The van der Waals surface area contributed by atoms with Gasteiger partial charge in [0.15, 0.2) is 11.6 Å². The lowest BCUT2D eigenvalue weighted by Crippen LogP contribution is -2.32. The van der Waals surface area contributed by atoms with E-state index in [0.29, 0.717) is 12.5 Å². The second kappa shape index (κ2) is 6.35. The average Bonchev–Trinajstić information content (AvgIpc) is 3.23. The Kier molecular flexibility index (Phi) is 4.77. The van der Waals surface area contributed by atoms with Crippen LogP contribution in [-0.4, -0.2) is 20.2 Å². The van der Waals surface area contributed by atoms with Crippen LogP contribution in [0.15, 0.2) is 18.2 Å². The van der Waals surface area contributed by atoms with Gasteiger partial charge >= 0.3 is 0 Å². The van der Waals surface area contributed by atoms with Crippen molar-refractivity contribution in [3.63, 3.8) is 0 Å². The third-order valence-electron chi connectivity index (χ3n) is 3.93. The van der Waals surface area contributed by atoms with Crippen LogP contribution in [0.5, 0.6) is 5.75 Å². The first kappa shape index (κ1) is 14.3. The molecule has 0 radical (unpaired) electrons. The van der Waals surface area contributed by atoms with Crippen molar-refractivity contribution in [2.24, 2.45) is 17.6 Å². The highest BCUT2D eigenvalue weighted by Crippen LogP contribution is 2.36. The van der Waals surface area contributed by atoms with Gasteiger partial charge in [0, 0.05) is 12.6 Å². The summed E-state index contributed by atoms with van der Waals surface area (Å²) in [7, 11) is 1.47. The predicted octanol–water partition coefficient (Wildman–Crippen LogP) is 2.47. The molecule has 0 aromatic heterocycles. The van der Waals surface area contributed by atoms with Crippen LogP contribution >= 0.6 is 0 Å². The number of hydrogen-bond donors (Lipinski definition) is 2. The summed E-state index contributed by atoms with van der Waals surface area (Å²) in [6.07, 6.45) is 2.68. The Bertz CT molecular complexity index is 421. The minimum Gasteiger partial charge on any atom is -0.494 e. The number of halogens is 1. The molecular formula is C15H23FN2O. The van der Waals surface area contributed by atoms with E-state index in [1.807, 2.05) is 6.07 Å². The molecular weight excluding hydrogens is 243 g/mol. The van der Waals surface area contributed by atoms with E-state index in [4.69, 9.17) is 10.5 Å². The molecule has 0 amide bonds. The molecule has 2 atom stereocenters. The number of methoxy groups -OCH3 is 1. The van der Waals surface area contributed by atoms with E-state index in [9.17, 15) is 4.39 Å². The first-order valence-corrected chi connectivity index (χ1v) is 6.92. The topological polar surface area (TPSA) is 47.3 Å². The van der Waals surface area contributed by atoms with Crippen LogP contribution in [0.4, 0.5) is 4.39 Å². The Labute approximate surface area is 114 Å². The van der Waals surface area contributed by atoms with Gasteiger partial charge in [-0.15, -0.1) is 0 Å². The lowest BCUT2D eigenvalue weighted by Gasteiger charge is -2.20. The van der Waals surface area contributed by atoms with Gasteiger partial charge in [0.05, 0.1) is 7.11 Å². The van der Waals surface area contributed by atoms with Gasteiger partial charge in [-0.2, -0.15) is 0 Å². The normalized spacial score (nSPS) is 18.1. The molecule has 1 aromatic carbocycles. The molecule has 3 nitrogen and oxygen atoms in total. The number of benzene rings is 1. The molecule has 0 saturated heterocycles. The fourth-order valence-corrected chi connectivity index (χ4v) is 2.40. The smallest absolute Gasteiger partial charge is 0.165 e. The molecule has 4 heteroatoms. The van der Waals surface area contributed by atoms with Crippen LogP contribution in [0.3, 0.4) is 0 Å². The van der Waals surface area contributed by atoms with Crippen molar-refractivity contribution in [3.05, 3.63) is 29.6 Å². The van der Waals surface area contributed by atoms with Crippen molar-refractivity contribution in [3.8, 4) is 5.75 Å². The van der Waals surface area contributed by atoms with E-state index >= 15 is 0 Å². The second-order valence-electron chi connectivity index (χ2n) is 5.41. The highest BCUT2D eigenvalue weighted by atomic mass is 19.1. The van der Waals surface area contributed by atoms with Crippen molar-refractivity contribution in [1.82, 2.24) is 5.32 Å². The third-order valence-corrected chi connectivity index (χ3v) is 3.93. The van der Waals surface area contributed by atoms with Gasteiger partial charge in [-0.3, -0.25) is 0 Å².